The molecular weight excluding hydrogens is 368 g/mol. The summed E-state index contributed by atoms with van der Waals surface area (Å²) < 4.78 is 5.43. The molecule has 0 saturated heterocycles. The molecular formula is C23H22N2O4. The summed E-state index contributed by atoms with van der Waals surface area (Å²) in [6.07, 6.45) is 6.76. The first kappa shape index (κ1) is 20.1. The second kappa shape index (κ2) is 9.01. The van der Waals surface area contributed by atoms with Crippen molar-refractivity contribution >= 4 is 18.0 Å². The summed E-state index contributed by atoms with van der Waals surface area (Å²) in [6, 6.07) is 13.1. The van der Waals surface area contributed by atoms with Gasteiger partial charge in [0, 0.05) is 23.8 Å². The van der Waals surface area contributed by atoms with E-state index in [0.29, 0.717) is 17.0 Å². The number of carboxylic acids is 1. The van der Waals surface area contributed by atoms with Gasteiger partial charge in [-0.25, -0.2) is 9.59 Å². The van der Waals surface area contributed by atoms with Crippen molar-refractivity contribution in [3.63, 3.8) is 0 Å². The van der Waals surface area contributed by atoms with Gasteiger partial charge in [0.25, 0.3) is 0 Å². The maximum atomic E-state index is 12.9. The highest BCUT2D eigenvalue weighted by atomic mass is 16.5. The molecule has 0 aliphatic carbocycles. The number of carbonyl (C=O) groups is 2. The van der Waals surface area contributed by atoms with Crippen LogP contribution in [0.2, 0.25) is 0 Å². The zero-order valence-corrected chi connectivity index (χ0v) is 16.3. The first-order chi connectivity index (χ1) is 14.0. The molecule has 6 nitrogen and oxygen atoms in total. The third kappa shape index (κ3) is 4.60. The van der Waals surface area contributed by atoms with Crippen LogP contribution < -0.4 is 5.32 Å². The highest BCUT2D eigenvalue weighted by Gasteiger charge is 2.37. The molecule has 2 aromatic rings. The Kier molecular flexibility index (Phi) is 6.24. The molecule has 1 aliphatic heterocycles. The fourth-order valence-corrected chi connectivity index (χ4v) is 3.39. The van der Waals surface area contributed by atoms with Crippen LogP contribution in [0, 0.1) is 0 Å². The van der Waals surface area contributed by atoms with Gasteiger partial charge in [0.1, 0.15) is 6.61 Å². The van der Waals surface area contributed by atoms with Crippen molar-refractivity contribution < 1.29 is 19.4 Å². The molecule has 1 atom stereocenters. The third-order valence-corrected chi connectivity index (χ3v) is 4.67. The lowest BCUT2D eigenvalue weighted by Gasteiger charge is -2.29. The fraction of sp³-hybridized carbons (Fsp3) is 0.174. The van der Waals surface area contributed by atoms with Crippen LogP contribution >= 0.6 is 0 Å². The van der Waals surface area contributed by atoms with E-state index in [9.17, 15) is 14.7 Å². The van der Waals surface area contributed by atoms with Gasteiger partial charge in [0.2, 0.25) is 0 Å². The van der Waals surface area contributed by atoms with Gasteiger partial charge in [-0.2, -0.15) is 0 Å². The number of aliphatic carboxylic acids is 1. The zero-order valence-electron chi connectivity index (χ0n) is 16.3. The molecule has 2 heterocycles. The van der Waals surface area contributed by atoms with Crippen LogP contribution in [0.15, 0.2) is 83.5 Å². The number of hydrogen-bond donors (Lipinski definition) is 2. The highest BCUT2D eigenvalue weighted by molar-refractivity contribution is 5.99. The van der Waals surface area contributed by atoms with Gasteiger partial charge in [-0.1, -0.05) is 36.4 Å². The summed E-state index contributed by atoms with van der Waals surface area (Å²) in [7, 11) is 0. The van der Waals surface area contributed by atoms with E-state index in [1.807, 2.05) is 36.4 Å². The number of nitrogens with zero attached hydrogens (tertiary/aromatic N) is 1. The summed E-state index contributed by atoms with van der Waals surface area (Å²) in [6.45, 7) is 3.51. The summed E-state index contributed by atoms with van der Waals surface area (Å²) in [4.78, 5) is 28.8. The van der Waals surface area contributed by atoms with Crippen molar-refractivity contribution in [3.05, 3.63) is 94.6 Å². The largest absolute Gasteiger partial charge is 0.478 e. The van der Waals surface area contributed by atoms with E-state index in [-0.39, 0.29) is 17.8 Å². The molecule has 0 saturated carbocycles. The number of nitrogens with one attached hydrogen (secondary N) is 1. The molecule has 1 unspecified atom stereocenters. The lowest BCUT2D eigenvalue weighted by atomic mass is 9.81. The summed E-state index contributed by atoms with van der Waals surface area (Å²) in [5.41, 5.74) is 3.15. The number of carboxylic acid groups (broad SMARTS) is 1. The zero-order chi connectivity index (χ0) is 20.8. The maximum absolute atomic E-state index is 12.9. The predicted molar refractivity (Wildman–Crippen MR) is 110 cm³/mol. The molecule has 1 aromatic carbocycles. The Morgan fingerprint density at radius 3 is 2.38 bits per heavy atom. The van der Waals surface area contributed by atoms with Crippen molar-refractivity contribution in [2.75, 3.05) is 6.61 Å². The van der Waals surface area contributed by atoms with Gasteiger partial charge in [-0.05, 0) is 43.2 Å². The first-order valence-electron chi connectivity index (χ1n) is 9.19. The average molecular weight is 390 g/mol. The van der Waals surface area contributed by atoms with Gasteiger partial charge in [-0.15, -0.1) is 0 Å². The summed E-state index contributed by atoms with van der Waals surface area (Å²) in [5.74, 6) is -2.37. The van der Waals surface area contributed by atoms with Crippen molar-refractivity contribution in [1.29, 1.82) is 0 Å². The second-order valence-electron chi connectivity index (χ2n) is 6.63. The van der Waals surface area contributed by atoms with Crippen LogP contribution in [-0.4, -0.2) is 28.6 Å². The maximum Gasteiger partial charge on any atom is 0.337 e. The van der Waals surface area contributed by atoms with Crippen molar-refractivity contribution in [1.82, 2.24) is 10.3 Å². The molecule has 0 bridgehead atoms. The number of allylic oxidation sites excluding steroid dienone is 2. The Balaban J connectivity index is 1.85. The second-order valence-corrected chi connectivity index (χ2v) is 6.63. The van der Waals surface area contributed by atoms with Gasteiger partial charge in [0.05, 0.1) is 17.1 Å². The van der Waals surface area contributed by atoms with Crippen LogP contribution in [0.1, 0.15) is 30.9 Å². The van der Waals surface area contributed by atoms with Crippen LogP contribution in [0.25, 0.3) is 6.08 Å². The van der Waals surface area contributed by atoms with E-state index in [1.165, 1.54) is 0 Å². The third-order valence-electron chi connectivity index (χ3n) is 4.67. The van der Waals surface area contributed by atoms with Crippen LogP contribution in [-0.2, 0) is 14.3 Å². The van der Waals surface area contributed by atoms with Gasteiger partial charge in [-0.3, -0.25) is 4.98 Å². The highest BCUT2D eigenvalue weighted by Crippen LogP contribution is 2.38. The van der Waals surface area contributed by atoms with Crippen molar-refractivity contribution in [2.24, 2.45) is 0 Å². The first-order valence-corrected chi connectivity index (χ1v) is 9.19. The smallest absolute Gasteiger partial charge is 0.337 e. The minimum absolute atomic E-state index is 0.0820. The topological polar surface area (TPSA) is 88.5 Å². The fourth-order valence-electron chi connectivity index (χ4n) is 3.39. The van der Waals surface area contributed by atoms with E-state index in [4.69, 9.17) is 4.74 Å². The van der Waals surface area contributed by atoms with Gasteiger partial charge >= 0.3 is 11.9 Å². The quantitative estimate of drug-likeness (QED) is 0.732. The van der Waals surface area contributed by atoms with Crippen molar-refractivity contribution in [2.45, 2.75) is 19.8 Å². The van der Waals surface area contributed by atoms with Crippen molar-refractivity contribution in [3.8, 4) is 0 Å². The molecule has 3 rings (SSSR count). The molecule has 1 aromatic heterocycles. The van der Waals surface area contributed by atoms with Crippen LogP contribution in [0.4, 0.5) is 0 Å². The Labute approximate surface area is 169 Å². The van der Waals surface area contributed by atoms with Crippen LogP contribution in [0.5, 0.6) is 0 Å². The summed E-state index contributed by atoms with van der Waals surface area (Å²) >= 11 is 0. The van der Waals surface area contributed by atoms with E-state index in [0.717, 1.165) is 5.56 Å². The molecule has 0 fully saturated rings. The van der Waals surface area contributed by atoms with Crippen LogP contribution in [0.3, 0.4) is 0 Å². The molecule has 0 amide bonds. The monoisotopic (exact) mass is 390 g/mol. The Bertz CT molecular complexity index is 992. The number of aromatic nitrogens is 1. The number of ether oxygens (including phenoxy) is 1. The molecule has 1 aliphatic rings. The van der Waals surface area contributed by atoms with Gasteiger partial charge in [0.15, 0.2) is 0 Å². The van der Waals surface area contributed by atoms with E-state index < -0.39 is 17.9 Å². The predicted octanol–water partition coefficient (Wildman–Crippen LogP) is 3.66. The van der Waals surface area contributed by atoms with E-state index in [2.05, 4.69) is 10.3 Å². The number of rotatable bonds is 6. The minimum atomic E-state index is -1.08. The Morgan fingerprint density at radius 2 is 1.72 bits per heavy atom. The van der Waals surface area contributed by atoms with Gasteiger partial charge < -0.3 is 15.2 Å². The molecule has 29 heavy (non-hydrogen) atoms. The average Bonchev–Trinajstić information content (AvgIpc) is 2.71. The minimum Gasteiger partial charge on any atom is -0.478 e. The van der Waals surface area contributed by atoms with E-state index >= 15 is 0 Å². The Hall–Kier alpha value is -3.67. The molecule has 2 N–H and O–H groups in total. The molecule has 0 spiro atoms. The number of carbonyl (C=O) groups excluding carboxylic acids is 1. The number of benzene rings is 1. The number of pyridine rings is 1. The standard InChI is InChI=1S/C23H22N2O4/c1-15-19(22(26)27)21(18-10-12-24-13-11-18)20(16(2)25-15)23(28)29-14-6-9-17-7-4-3-5-8-17/h3-13,21,25H,14H2,1-2H3,(H,26,27). The molecule has 6 heteroatoms. The number of esters is 1. The Morgan fingerprint density at radius 1 is 1.07 bits per heavy atom. The normalized spacial score (nSPS) is 16.7. The SMILES string of the molecule is CC1=C(C(=O)O)C(c2ccncc2)C(C(=O)OCC=Cc2ccccc2)=C(C)N1. The number of hydrogen-bond acceptors (Lipinski definition) is 5. The number of dihydropyridines is 1. The molecule has 0 radical (unpaired) electrons. The lowest BCUT2D eigenvalue weighted by molar-refractivity contribution is -0.138. The summed E-state index contributed by atoms with van der Waals surface area (Å²) in [5, 5.41) is 12.8. The van der Waals surface area contributed by atoms with E-state index in [1.54, 1.807) is 44.4 Å². The lowest BCUT2D eigenvalue weighted by Crippen LogP contribution is -2.31. The molecule has 148 valence electrons.